The lowest BCUT2D eigenvalue weighted by atomic mass is 10.9. The van der Waals surface area contributed by atoms with Crippen LogP contribution < -0.4 is 0 Å². The molecule has 0 spiro atoms. The first-order valence-electron chi connectivity index (χ1n) is 5.40. The first kappa shape index (κ1) is 14.0. The van der Waals surface area contributed by atoms with Crippen LogP contribution in [0.25, 0.3) is 0 Å². The maximum Gasteiger partial charge on any atom is 0.0564 e. The number of hydrogen-bond donors (Lipinski definition) is 0. The summed E-state index contributed by atoms with van der Waals surface area (Å²) >= 11 is 5.72. The summed E-state index contributed by atoms with van der Waals surface area (Å²) in [5.41, 5.74) is 0. The molecule has 1 unspecified atom stereocenters. The van der Waals surface area contributed by atoms with Crippen LogP contribution in [0, 0.1) is 0 Å². The van der Waals surface area contributed by atoms with Crippen molar-refractivity contribution in [2.45, 2.75) is 46.1 Å². The fraction of sp³-hybridized carbons (Fsp3) is 1.00. The van der Waals surface area contributed by atoms with Gasteiger partial charge in [-0.3, -0.25) is 0 Å². The molecular weight excluding hydrogens is 211 g/mol. The lowest BCUT2D eigenvalue weighted by Crippen LogP contribution is -2.40. The van der Waals surface area contributed by atoms with E-state index in [9.17, 15) is 0 Å². The van der Waals surface area contributed by atoms with Gasteiger partial charge in [-0.05, 0) is 34.9 Å². The summed E-state index contributed by atoms with van der Waals surface area (Å²) in [6.07, 6.45) is 4.19. The van der Waals surface area contributed by atoms with Gasteiger partial charge in [-0.25, -0.2) is 0 Å². The third kappa shape index (κ3) is 3.25. The van der Waals surface area contributed by atoms with E-state index in [1.807, 2.05) is 0 Å². The molecule has 3 heteroatoms. The second-order valence-corrected chi connectivity index (χ2v) is 17.3. The normalized spacial score (nSPS) is 15.9. The van der Waals surface area contributed by atoms with E-state index in [2.05, 4.69) is 40.8 Å². The summed E-state index contributed by atoms with van der Waals surface area (Å²) in [6.45, 7) is 14.2. The standard InChI is InChI=1S/C10H25PSSi/c1-7-11(8-2,9-3)10(4)13(5,6)12/h10H,7-9H2,1-6H3. The van der Waals surface area contributed by atoms with E-state index in [1.54, 1.807) is 0 Å². The Kier molecular flexibility index (Phi) is 5.58. The molecule has 0 radical (unpaired) electrons. The average Bonchev–Trinajstić information content (AvgIpc) is 2.07. The summed E-state index contributed by atoms with van der Waals surface area (Å²) in [6, 6.07) is 0. The molecule has 0 heterocycles. The molecule has 0 aliphatic carbocycles. The molecule has 0 rings (SSSR count). The van der Waals surface area contributed by atoms with Gasteiger partial charge in [0.25, 0.3) is 0 Å². The van der Waals surface area contributed by atoms with Crippen molar-refractivity contribution in [1.29, 1.82) is 0 Å². The molecule has 0 N–H and O–H groups in total. The van der Waals surface area contributed by atoms with E-state index in [4.69, 9.17) is 12.1 Å². The van der Waals surface area contributed by atoms with Gasteiger partial charge in [0.1, 0.15) is 0 Å². The predicted molar refractivity (Wildman–Crippen MR) is 72.9 cm³/mol. The van der Waals surface area contributed by atoms with Gasteiger partial charge >= 0.3 is 0 Å². The maximum atomic E-state index is 5.72. The molecule has 0 aromatic heterocycles. The lowest BCUT2D eigenvalue weighted by molar-refractivity contribution is 1.18. The molecule has 0 saturated carbocycles. The van der Waals surface area contributed by atoms with Crippen molar-refractivity contribution in [3.05, 3.63) is 0 Å². The third-order valence-electron chi connectivity index (χ3n) is 3.72. The quantitative estimate of drug-likeness (QED) is 0.398. The van der Waals surface area contributed by atoms with E-state index >= 15 is 0 Å². The average molecular weight is 236 g/mol. The minimum Gasteiger partial charge on any atom is -0.793 e. The molecule has 0 aliphatic rings. The summed E-state index contributed by atoms with van der Waals surface area (Å²) in [5.74, 6) is 0. The fourth-order valence-corrected chi connectivity index (χ4v) is 14.1. The molecular formula is C10H25PSSi. The Morgan fingerprint density at radius 1 is 1.08 bits per heavy atom. The van der Waals surface area contributed by atoms with Gasteiger partial charge in [-0.1, -0.05) is 13.1 Å². The van der Waals surface area contributed by atoms with E-state index in [1.165, 1.54) is 18.5 Å². The van der Waals surface area contributed by atoms with Gasteiger partial charge in [0.2, 0.25) is 0 Å². The van der Waals surface area contributed by atoms with Crippen molar-refractivity contribution >= 4 is 26.6 Å². The Balaban J connectivity index is 4.73. The van der Waals surface area contributed by atoms with Gasteiger partial charge < -0.3 is 12.1 Å². The first-order chi connectivity index (χ1) is 5.84. The Bertz CT molecular complexity index is 141. The molecule has 0 bridgehead atoms. The smallest absolute Gasteiger partial charge is 0.0564 e. The van der Waals surface area contributed by atoms with Crippen LogP contribution in [-0.4, -0.2) is 31.0 Å². The first-order valence-corrected chi connectivity index (χ1v) is 12.0. The lowest BCUT2D eigenvalue weighted by Gasteiger charge is -2.44. The van der Waals surface area contributed by atoms with Crippen molar-refractivity contribution in [2.24, 2.45) is 0 Å². The van der Waals surface area contributed by atoms with Crippen molar-refractivity contribution in [3.63, 3.8) is 0 Å². The van der Waals surface area contributed by atoms with Crippen LogP contribution >= 0.6 is 7.26 Å². The van der Waals surface area contributed by atoms with Gasteiger partial charge in [0, 0.05) is 12.5 Å². The zero-order valence-corrected chi connectivity index (χ0v) is 12.8. The maximum absolute atomic E-state index is 5.72. The topological polar surface area (TPSA) is 0 Å². The zero-order chi connectivity index (χ0) is 10.7. The van der Waals surface area contributed by atoms with Gasteiger partial charge in [-0.2, -0.15) is 0 Å². The van der Waals surface area contributed by atoms with Crippen LogP contribution in [0.4, 0.5) is 0 Å². The highest BCUT2D eigenvalue weighted by Gasteiger charge is 2.40. The van der Waals surface area contributed by atoms with E-state index in [-0.39, 0.29) is 0 Å². The highest BCUT2D eigenvalue weighted by Crippen LogP contribution is 2.63. The molecule has 0 saturated heterocycles. The van der Waals surface area contributed by atoms with Gasteiger partial charge in [0.05, 0.1) is 18.5 Å². The molecule has 0 amide bonds. The Morgan fingerprint density at radius 3 is 1.46 bits per heavy atom. The second-order valence-electron chi connectivity index (χ2n) is 4.45. The van der Waals surface area contributed by atoms with Crippen LogP contribution in [0.5, 0.6) is 0 Å². The molecule has 1 atom stereocenters. The molecule has 0 aromatic rings. The molecule has 80 valence electrons. The summed E-state index contributed by atoms with van der Waals surface area (Å²) in [5, 5.41) is 0.870. The largest absolute Gasteiger partial charge is 0.793 e. The van der Waals surface area contributed by atoms with Crippen molar-refractivity contribution < 1.29 is 0 Å². The zero-order valence-electron chi connectivity index (χ0n) is 10.1. The predicted octanol–water partition coefficient (Wildman–Crippen LogP) is 3.74. The molecule has 13 heavy (non-hydrogen) atoms. The van der Waals surface area contributed by atoms with Crippen LogP contribution in [0.1, 0.15) is 27.7 Å². The Hall–Kier alpha value is 0.997. The Labute approximate surface area is 91.3 Å². The molecule has 0 aliphatic heterocycles. The van der Waals surface area contributed by atoms with E-state index in [0.717, 1.165) is 5.28 Å². The molecule has 0 fully saturated rings. The second kappa shape index (κ2) is 5.18. The highest BCUT2D eigenvalue weighted by atomic mass is 32.3. The van der Waals surface area contributed by atoms with Crippen molar-refractivity contribution in [1.82, 2.24) is 0 Å². The number of hydrogen-bond acceptors (Lipinski definition) is 1. The monoisotopic (exact) mass is 236 g/mol. The van der Waals surface area contributed by atoms with Crippen molar-refractivity contribution in [3.8, 4) is 0 Å². The SMILES string of the molecule is CC[P+](CC)(CC)C(C)[Si](C)(C)[S-]. The van der Waals surface area contributed by atoms with Crippen molar-refractivity contribution in [2.75, 3.05) is 18.5 Å². The van der Waals surface area contributed by atoms with Crippen LogP contribution in [0.3, 0.4) is 0 Å². The summed E-state index contributed by atoms with van der Waals surface area (Å²) in [7, 11) is -2.02. The minimum absolute atomic E-state index is 0.694. The van der Waals surface area contributed by atoms with Crippen LogP contribution in [-0.2, 0) is 12.1 Å². The van der Waals surface area contributed by atoms with Crippen LogP contribution in [0.2, 0.25) is 13.1 Å². The van der Waals surface area contributed by atoms with E-state index < -0.39 is 14.5 Å². The summed E-state index contributed by atoms with van der Waals surface area (Å²) < 4.78 is 0. The minimum atomic E-state index is -1.33. The molecule has 0 nitrogen and oxygen atoms in total. The Morgan fingerprint density at radius 2 is 1.38 bits per heavy atom. The third-order valence-corrected chi connectivity index (χ3v) is 16.3. The molecule has 0 aromatic carbocycles. The van der Waals surface area contributed by atoms with Gasteiger partial charge in [0.15, 0.2) is 0 Å². The van der Waals surface area contributed by atoms with Crippen LogP contribution in [0.15, 0.2) is 0 Å². The van der Waals surface area contributed by atoms with E-state index in [0.29, 0.717) is 0 Å². The number of rotatable bonds is 5. The highest BCUT2D eigenvalue weighted by molar-refractivity contribution is 8.01. The van der Waals surface area contributed by atoms with Gasteiger partial charge in [-0.15, -0.1) is 0 Å². The fourth-order valence-electron chi connectivity index (χ4n) is 2.15. The summed E-state index contributed by atoms with van der Waals surface area (Å²) in [4.78, 5) is 0.